The van der Waals surface area contributed by atoms with Crippen LogP contribution in [0.2, 0.25) is 5.02 Å². The highest BCUT2D eigenvalue weighted by atomic mass is 35.5. The summed E-state index contributed by atoms with van der Waals surface area (Å²) in [5, 5.41) is 9.30. The van der Waals surface area contributed by atoms with E-state index in [-0.39, 0.29) is 18.2 Å². The zero-order valence-corrected chi connectivity index (χ0v) is 13.3. The van der Waals surface area contributed by atoms with Gasteiger partial charge in [-0.05, 0) is 43.4 Å². The summed E-state index contributed by atoms with van der Waals surface area (Å²) in [6.07, 6.45) is 2.62. The first-order valence-corrected chi connectivity index (χ1v) is 7.73. The van der Waals surface area contributed by atoms with Crippen LogP contribution < -0.4 is 4.74 Å². The second-order valence-corrected chi connectivity index (χ2v) is 5.97. The van der Waals surface area contributed by atoms with Gasteiger partial charge in [-0.1, -0.05) is 11.6 Å². The van der Waals surface area contributed by atoms with E-state index in [4.69, 9.17) is 21.4 Å². The Labute approximate surface area is 134 Å². The van der Waals surface area contributed by atoms with Gasteiger partial charge in [-0.3, -0.25) is 9.59 Å². The van der Waals surface area contributed by atoms with E-state index in [1.807, 2.05) is 0 Å². The highest BCUT2D eigenvalue weighted by Crippen LogP contribution is 2.27. The van der Waals surface area contributed by atoms with Gasteiger partial charge in [0, 0.05) is 24.5 Å². The highest BCUT2D eigenvalue weighted by molar-refractivity contribution is 6.30. The Morgan fingerprint density at radius 2 is 2.23 bits per heavy atom. The summed E-state index contributed by atoms with van der Waals surface area (Å²) in [4.78, 5) is 25.1. The third-order valence-electron chi connectivity index (χ3n) is 3.97. The quantitative estimate of drug-likeness (QED) is 0.903. The Morgan fingerprint density at radius 3 is 2.91 bits per heavy atom. The van der Waals surface area contributed by atoms with E-state index in [9.17, 15) is 9.59 Å². The van der Waals surface area contributed by atoms with Gasteiger partial charge >= 0.3 is 5.97 Å². The Kier molecular flexibility index (Phi) is 5.66. The molecule has 0 aliphatic carbocycles. The molecule has 1 heterocycles. The molecule has 1 atom stereocenters. The number of piperidine rings is 1. The Balaban J connectivity index is 2.07. The molecule has 5 nitrogen and oxygen atoms in total. The summed E-state index contributed by atoms with van der Waals surface area (Å²) in [7, 11) is 1.51. The molecule has 0 radical (unpaired) electrons. The van der Waals surface area contributed by atoms with Crippen molar-refractivity contribution in [2.75, 3.05) is 20.2 Å². The van der Waals surface area contributed by atoms with Crippen molar-refractivity contribution in [3.63, 3.8) is 0 Å². The molecule has 0 bridgehead atoms. The fourth-order valence-electron chi connectivity index (χ4n) is 2.82. The lowest BCUT2D eigenvalue weighted by Crippen LogP contribution is -2.40. The summed E-state index contributed by atoms with van der Waals surface area (Å²) in [5.41, 5.74) is 0.491. The number of hydrogen-bond acceptors (Lipinski definition) is 3. The number of methoxy groups -OCH3 is 1. The number of carboxylic acid groups (broad SMARTS) is 1. The van der Waals surface area contributed by atoms with Crippen molar-refractivity contribution in [1.29, 1.82) is 0 Å². The second-order valence-electron chi connectivity index (χ2n) is 5.54. The van der Waals surface area contributed by atoms with Crippen LogP contribution in [-0.2, 0) is 4.79 Å². The molecule has 1 N–H and O–H groups in total. The van der Waals surface area contributed by atoms with Crippen LogP contribution in [0.3, 0.4) is 0 Å². The lowest BCUT2D eigenvalue weighted by Gasteiger charge is -2.33. The van der Waals surface area contributed by atoms with Gasteiger partial charge in [0.2, 0.25) is 0 Å². The van der Waals surface area contributed by atoms with Crippen molar-refractivity contribution in [1.82, 2.24) is 4.90 Å². The number of carboxylic acids is 1. The molecule has 1 aromatic rings. The number of halogens is 1. The van der Waals surface area contributed by atoms with Gasteiger partial charge in [-0.2, -0.15) is 0 Å². The van der Waals surface area contributed by atoms with E-state index in [1.165, 1.54) is 7.11 Å². The average Bonchev–Trinajstić information content (AvgIpc) is 2.52. The van der Waals surface area contributed by atoms with Crippen LogP contribution in [0, 0.1) is 5.92 Å². The molecule has 1 fully saturated rings. The number of likely N-dealkylation sites (tertiary alicyclic amines) is 1. The number of aliphatic carboxylic acids is 1. The number of carbonyl (C=O) groups is 2. The lowest BCUT2D eigenvalue weighted by atomic mass is 9.93. The van der Waals surface area contributed by atoms with E-state index < -0.39 is 5.97 Å². The summed E-state index contributed by atoms with van der Waals surface area (Å²) in [5.74, 6) is -0.173. The minimum atomic E-state index is -0.789. The van der Waals surface area contributed by atoms with Gasteiger partial charge in [0.15, 0.2) is 0 Å². The molecule has 22 heavy (non-hydrogen) atoms. The Hall–Kier alpha value is -1.75. The molecule has 1 saturated heterocycles. The molecule has 2 rings (SSSR count). The topological polar surface area (TPSA) is 66.8 Å². The first-order valence-electron chi connectivity index (χ1n) is 7.36. The lowest BCUT2D eigenvalue weighted by molar-refractivity contribution is -0.137. The molecule has 1 aromatic carbocycles. The molecule has 1 amide bonds. The van der Waals surface area contributed by atoms with Gasteiger partial charge in [-0.15, -0.1) is 0 Å². The summed E-state index contributed by atoms with van der Waals surface area (Å²) in [6.45, 7) is 1.28. The molecular formula is C16H20ClNO4. The molecule has 1 aliphatic rings. The number of benzene rings is 1. The Morgan fingerprint density at radius 1 is 1.45 bits per heavy atom. The number of hydrogen-bond donors (Lipinski definition) is 1. The zero-order valence-electron chi connectivity index (χ0n) is 12.5. The largest absolute Gasteiger partial charge is 0.496 e. The van der Waals surface area contributed by atoms with Crippen molar-refractivity contribution < 1.29 is 19.4 Å². The van der Waals surface area contributed by atoms with E-state index in [1.54, 1.807) is 23.1 Å². The third-order valence-corrected chi connectivity index (χ3v) is 4.20. The molecule has 0 saturated carbocycles. The molecule has 1 aliphatic heterocycles. The zero-order chi connectivity index (χ0) is 16.1. The number of ether oxygens (including phenoxy) is 1. The van der Waals surface area contributed by atoms with E-state index in [0.717, 1.165) is 12.8 Å². The van der Waals surface area contributed by atoms with Crippen LogP contribution in [0.15, 0.2) is 18.2 Å². The molecule has 120 valence electrons. The highest BCUT2D eigenvalue weighted by Gasteiger charge is 2.26. The molecule has 0 unspecified atom stereocenters. The van der Waals surface area contributed by atoms with Crippen molar-refractivity contribution in [2.45, 2.75) is 25.7 Å². The fraction of sp³-hybridized carbons (Fsp3) is 0.500. The summed E-state index contributed by atoms with van der Waals surface area (Å²) >= 11 is 5.92. The predicted octanol–water partition coefficient (Wildman–Crippen LogP) is 3.07. The van der Waals surface area contributed by atoms with E-state index in [0.29, 0.717) is 35.8 Å². The number of nitrogens with zero attached hydrogens (tertiary/aromatic N) is 1. The van der Waals surface area contributed by atoms with Gasteiger partial charge in [0.05, 0.1) is 12.7 Å². The molecule has 6 heteroatoms. The maximum atomic E-state index is 12.7. The van der Waals surface area contributed by atoms with Crippen LogP contribution in [0.25, 0.3) is 0 Å². The number of amides is 1. The van der Waals surface area contributed by atoms with Crippen LogP contribution >= 0.6 is 11.6 Å². The van der Waals surface area contributed by atoms with Gasteiger partial charge < -0.3 is 14.7 Å². The minimum absolute atomic E-state index is 0.0893. The van der Waals surface area contributed by atoms with Gasteiger partial charge in [-0.25, -0.2) is 0 Å². The number of carbonyl (C=O) groups excluding carboxylic acids is 1. The fourth-order valence-corrected chi connectivity index (χ4v) is 2.99. The monoisotopic (exact) mass is 325 g/mol. The average molecular weight is 326 g/mol. The van der Waals surface area contributed by atoms with Crippen molar-refractivity contribution in [2.24, 2.45) is 5.92 Å². The van der Waals surface area contributed by atoms with Crippen LogP contribution in [0.5, 0.6) is 5.75 Å². The number of rotatable bonds is 5. The first kappa shape index (κ1) is 16.6. The van der Waals surface area contributed by atoms with Crippen molar-refractivity contribution in [3.05, 3.63) is 28.8 Å². The Bertz CT molecular complexity index is 561. The normalized spacial score (nSPS) is 18.1. The predicted molar refractivity (Wildman–Crippen MR) is 83.5 cm³/mol. The minimum Gasteiger partial charge on any atom is -0.496 e. The summed E-state index contributed by atoms with van der Waals surface area (Å²) < 4.78 is 5.23. The smallest absolute Gasteiger partial charge is 0.303 e. The maximum absolute atomic E-state index is 12.7. The second kappa shape index (κ2) is 7.49. The SMILES string of the molecule is COc1cc(Cl)ccc1C(=O)N1CCC[C@H](CCC(=O)O)C1. The van der Waals surface area contributed by atoms with Crippen LogP contribution in [0.4, 0.5) is 0 Å². The van der Waals surface area contributed by atoms with E-state index >= 15 is 0 Å². The van der Waals surface area contributed by atoms with Crippen molar-refractivity contribution in [3.8, 4) is 5.75 Å². The van der Waals surface area contributed by atoms with Crippen LogP contribution in [-0.4, -0.2) is 42.1 Å². The van der Waals surface area contributed by atoms with Crippen molar-refractivity contribution >= 4 is 23.5 Å². The standard InChI is InChI=1S/C16H20ClNO4/c1-22-14-9-12(17)5-6-13(14)16(21)18-8-2-3-11(10-18)4-7-15(19)20/h5-6,9,11H,2-4,7-8,10H2,1H3,(H,19,20)/t11-/m1/s1. The third kappa shape index (κ3) is 4.13. The molecule has 0 aromatic heterocycles. The molecule has 0 spiro atoms. The van der Waals surface area contributed by atoms with Gasteiger partial charge in [0.1, 0.15) is 5.75 Å². The van der Waals surface area contributed by atoms with E-state index in [2.05, 4.69) is 0 Å². The first-order chi connectivity index (χ1) is 10.5. The van der Waals surface area contributed by atoms with Crippen LogP contribution in [0.1, 0.15) is 36.0 Å². The summed E-state index contributed by atoms with van der Waals surface area (Å²) in [6, 6.07) is 4.97. The maximum Gasteiger partial charge on any atom is 0.303 e. The molecular weight excluding hydrogens is 306 g/mol. The van der Waals surface area contributed by atoms with Gasteiger partial charge in [0.25, 0.3) is 5.91 Å².